The molecule has 154 valence electrons. The Balaban J connectivity index is 1.31. The largest absolute Gasteiger partial charge is 0.355 e. The number of carbonyl (C=O) groups excluding carboxylic acids is 2. The fourth-order valence-electron chi connectivity index (χ4n) is 3.98. The van der Waals surface area contributed by atoms with Crippen molar-refractivity contribution >= 4 is 17.5 Å². The molecule has 7 heteroatoms. The molecule has 2 amide bonds. The van der Waals surface area contributed by atoms with Crippen LogP contribution in [-0.4, -0.2) is 67.4 Å². The summed E-state index contributed by atoms with van der Waals surface area (Å²) in [5, 5.41) is 5.81. The normalized spacial score (nSPS) is 19.3. The van der Waals surface area contributed by atoms with Crippen LogP contribution in [0.4, 0.5) is 10.1 Å². The first-order valence-corrected chi connectivity index (χ1v) is 10.4. The second-order valence-electron chi connectivity index (χ2n) is 7.92. The van der Waals surface area contributed by atoms with Gasteiger partial charge in [-0.05, 0) is 37.0 Å². The zero-order chi connectivity index (χ0) is 19.8. The molecule has 0 bridgehead atoms. The maximum Gasteiger partial charge on any atom is 0.238 e. The van der Waals surface area contributed by atoms with Gasteiger partial charge in [0.1, 0.15) is 5.82 Å². The number of nitrogens with zero attached hydrogens (tertiary/aromatic N) is 2. The Kier molecular flexibility index (Phi) is 7.80. The summed E-state index contributed by atoms with van der Waals surface area (Å²) in [4.78, 5) is 28.5. The molecule has 1 aliphatic carbocycles. The third-order valence-electron chi connectivity index (χ3n) is 5.62. The molecule has 1 aromatic carbocycles. The Hall–Kier alpha value is -1.99. The maximum absolute atomic E-state index is 13.2. The van der Waals surface area contributed by atoms with E-state index in [4.69, 9.17) is 0 Å². The molecule has 1 aliphatic heterocycles. The fourth-order valence-corrected chi connectivity index (χ4v) is 3.98. The van der Waals surface area contributed by atoms with E-state index in [2.05, 4.69) is 20.4 Å². The molecule has 1 saturated carbocycles. The van der Waals surface area contributed by atoms with E-state index in [1.54, 1.807) is 12.1 Å². The number of halogens is 1. The second-order valence-corrected chi connectivity index (χ2v) is 7.92. The lowest BCUT2D eigenvalue weighted by molar-refractivity contribution is -0.123. The van der Waals surface area contributed by atoms with E-state index in [0.29, 0.717) is 18.2 Å². The fraction of sp³-hybridized carbons (Fsp3) is 0.619. The van der Waals surface area contributed by atoms with Crippen LogP contribution in [0, 0.1) is 11.7 Å². The molecule has 2 aliphatic rings. The van der Waals surface area contributed by atoms with Gasteiger partial charge >= 0.3 is 0 Å². The molecule has 0 atom stereocenters. The molecule has 1 saturated heterocycles. The van der Waals surface area contributed by atoms with Crippen molar-refractivity contribution < 1.29 is 14.0 Å². The van der Waals surface area contributed by atoms with Crippen LogP contribution in [0.5, 0.6) is 0 Å². The zero-order valence-electron chi connectivity index (χ0n) is 16.5. The van der Waals surface area contributed by atoms with Crippen LogP contribution in [0.1, 0.15) is 32.1 Å². The summed E-state index contributed by atoms with van der Waals surface area (Å²) in [5.74, 6) is 0.228. The van der Waals surface area contributed by atoms with Gasteiger partial charge in [0.25, 0.3) is 0 Å². The van der Waals surface area contributed by atoms with Crippen LogP contribution in [0.2, 0.25) is 0 Å². The minimum Gasteiger partial charge on any atom is -0.355 e. The van der Waals surface area contributed by atoms with Crippen molar-refractivity contribution in [1.29, 1.82) is 0 Å². The van der Waals surface area contributed by atoms with Crippen molar-refractivity contribution in [3.05, 3.63) is 30.1 Å². The van der Waals surface area contributed by atoms with Gasteiger partial charge in [0.15, 0.2) is 0 Å². The van der Waals surface area contributed by atoms with Gasteiger partial charge in [-0.25, -0.2) is 4.39 Å². The number of rotatable bonds is 7. The van der Waals surface area contributed by atoms with E-state index < -0.39 is 0 Å². The zero-order valence-corrected chi connectivity index (χ0v) is 16.5. The van der Waals surface area contributed by atoms with Crippen molar-refractivity contribution in [2.24, 2.45) is 5.92 Å². The number of piperazine rings is 1. The molecule has 3 rings (SSSR count). The Morgan fingerprint density at radius 2 is 1.61 bits per heavy atom. The van der Waals surface area contributed by atoms with Crippen LogP contribution in [0.15, 0.2) is 24.3 Å². The Bertz CT molecular complexity index is 656. The van der Waals surface area contributed by atoms with Gasteiger partial charge < -0.3 is 10.6 Å². The van der Waals surface area contributed by atoms with Crippen LogP contribution < -0.4 is 10.6 Å². The SMILES string of the molecule is O=C(CN1CCN(CC(=O)Nc2cccc(F)c2)CC1)NCC1CCCCC1. The minimum absolute atomic E-state index is 0.0999. The van der Waals surface area contributed by atoms with E-state index in [-0.39, 0.29) is 24.2 Å². The van der Waals surface area contributed by atoms with Crippen LogP contribution >= 0.6 is 0 Å². The molecular formula is C21H31FN4O2. The average molecular weight is 391 g/mol. The molecule has 0 spiro atoms. The van der Waals surface area contributed by atoms with Gasteiger partial charge in [0.05, 0.1) is 13.1 Å². The summed E-state index contributed by atoms with van der Waals surface area (Å²) >= 11 is 0. The number of nitrogens with one attached hydrogen (secondary N) is 2. The standard InChI is InChI=1S/C21H31FN4O2/c22-18-7-4-8-19(13-18)24-21(28)16-26-11-9-25(10-12-26)15-20(27)23-14-17-5-2-1-3-6-17/h4,7-8,13,17H,1-3,5-6,9-12,14-16H2,(H,23,27)(H,24,28). The van der Waals surface area contributed by atoms with Crippen LogP contribution in [0.3, 0.4) is 0 Å². The highest BCUT2D eigenvalue weighted by molar-refractivity contribution is 5.92. The third-order valence-corrected chi connectivity index (χ3v) is 5.62. The molecule has 2 fully saturated rings. The topological polar surface area (TPSA) is 64.7 Å². The van der Waals surface area contributed by atoms with Crippen molar-refractivity contribution in [3.63, 3.8) is 0 Å². The van der Waals surface area contributed by atoms with Gasteiger partial charge in [-0.15, -0.1) is 0 Å². The molecule has 0 aromatic heterocycles. The summed E-state index contributed by atoms with van der Waals surface area (Å²) in [5.41, 5.74) is 0.471. The first-order chi connectivity index (χ1) is 13.6. The Labute approximate surface area is 166 Å². The van der Waals surface area contributed by atoms with Crippen molar-refractivity contribution in [3.8, 4) is 0 Å². The van der Waals surface area contributed by atoms with Gasteiger partial charge in [0, 0.05) is 38.4 Å². The van der Waals surface area contributed by atoms with Crippen LogP contribution in [-0.2, 0) is 9.59 Å². The third kappa shape index (κ3) is 6.87. The molecule has 1 heterocycles. The number of hydrogen-bond acceptors (Lipinski definition) is 4. The van der Waals surface area contributed by atoms with Gasteiger partial charge in [0.2, 0.25) is 11.8 Å². The smallest absolute Gasteiger partial charge is 0.238 e. The molecule has 0 radical (unpaired) electrons. The molecule has 2 N–H and O–H groups in total. The summed E-state index contributed by atoms with van der Waals surface area (Å²) < 4.78 is 13.2. The lowest BCUT2D eigenvalue weighted by Gasteiger charge is -2.34. The Morgan fingerprint density at radius 3 is 2.25 bits per heavy atom. The van der Waals surface area contributed by atoms with E-state index in [0.717, 1.165) is 32.7 Å². The summed E-state index contributed by atoms with van der Waals surface area (Å²) in [6, 6.07) is 5.90. The lowest BCUT2D eigenvalue weighted by Crippen LogP contribution is -2.51. The van der Waals surface area contributed by atoms with E-state index in [1.165, 1.54) is 44.2 Å². The van der Waals surface area contributed by atoms with E-state index >= 15 is 0 Å². The van der Waals surface area contributed by atoms with Crippen molar-refractivity contribution in [1.82, 2.24) is 15.1 Å². The highest BCUT2D eigenvalue weighted by Gasteiger charge is 2.21. The first kappa shape index (κ1) is 20.7. The predicted octanol–water partition coefficient (Wildman–Crippen LogP) is 2.08. The second kappa shape index (κ2) is 10.5. The number of amides is 2. The molecule has 0 unspecified atom stereocenters. The first-order valence-electron chi connectivity index (χ1n) is 10.4. The van der Waals surface area contributed by atoms with E-state index in [9.17, 15) is 14.0 Å². The summed E-state index contributed by atoms with van der Waals surface area (Å²) in [6.45, 7) is 4.53. The van der Waals surface area contributed by atoms with E-state index in [1.807, 2.05) is 0 Å². The Morgan fingerprint density at radius 1 is 0.964 bits per heavy atom. The molecular weight excluding hydrogens is 359 g/mol. The number of benzene rings is 1. The van der Waals surface area contributed by atoms with Crippen molar-refractivity contribution in [2.75, 3.05) is 51.1 Å². The molecule has 28 heavy (non-hydrogen) atoms. The summed E-state index contributed by atoms with van der Waals surface area (Å²) in [6.07, 6.45) is 6.37. The highest BCUT2D eigenvalue weighted by Crippen LogP contribution is 2.22. The number of anilines is 1. The number of hydrogen-bond donors (Lipinski definition) is 2. The minimum atomic E-state index is -0.367. The monoisotopic (exact) mass is 390 g/mol. The average Bonchev–Trinajstić information content (AvgIpc) is 2.69. The maximum atomic E-state index is 13.2. The van der Waals surface area contributed by atoms with Crippen LogP contribution in [0.25, 0.3) is 0 Å². The lowest BCUT2D eigenvalue weighted by atomic mass is 9.89. The quantitative estimate of drug-likeness (QED) is 0.748. The predicted molar refractivity (Wildman–Crippen MR) is 107 cm³/mol. The van der Waals surface area contributed by atoms with Gasteiger partial charge in [-0.3, -0.25) is 19.4 Å². The molecule has 6 nitrogen and oxygen atoms in total. The highest BCUT2D eigenvalue weighted by atomic mass is 19.1. The number of carbonyl (C=O) groups is 2. The van der Waals surface area contributed by atoms with Gasteiger partial charge in [-0.1, -0.05) is 25.3 Å². The van der Waals surface area contributed by atoms with Crippen molar-refractivity contribution in [2.45, 2.75) is 32.1 Å². The van der Waals surface area contributed by atoms with Gasteiger partial charge in [-0.2, -0.15) is 0 Å². The summed E-state index contributed by atoms with van der Waals surface area (Å²) in [7, 11) is 0. The molecule has 1 aromatic rings.